The Morgan fingerprint density at radius 1 is 1.12 bits per heavy atom. The molecule has 3 aromatic rings. The van der Waals surface area contributed by atoms with Gasteiger partial charge in [0.2, 0.25) is 0 Å². The SMILES string of the molecule is CNc1ccc(-c2ccc(CN(C)c3cccc(/C=C/C(=O)OC)c3)c(F)c2)cc1C=N. The van der Waals surface area contributed by atoms with Gasteiger partial charge < -0.3 is 20.4 Å². The molecule has 0 atom stereocenters. The van der Waals surface area contributed by atoms with Crippen LogP contribution in [0.5, 0.6) is 0 Å². The number of ether oxygens (including phenoxy) is 1. The Morgan fingerprint density at radius 3 is 2.56 bits per heavy atom. The first kappa shape index (κ1) is 22.7. The van der Waals surface area contributed by atoms with Gasteiger partial charge in [-0.3, -0.25) is 0 Å². The summed E-state index contributed by atoms with van der Waals surface area (Å²) in [7, 11) is 5.03. The second kappa shape index (κ2) is 10.4. The Balaban J connectivity index is 1.78. The molecular weight excluding hydrogens is 405 g/mol. The van der Waals surface area contributed by atoms with Gasteiger partial charge in [-0.1, -0.05) is 30.3 Å². The van der Waals surface area contributed by atoms with Crippen molar-refractivity contribution in [1.29, 1.82) is 5.41 Å². The van der Waals surface area contributed by atoms with Crippen molar-refractivity contribution in [2.45, 2.75) is 6.54 Å². The number of rotatable bonds is 8. The highest BCUT2D eigenvalue weighted by atomic mass is 19.1. The molecule has 0 fully saturated rings. The van der Waals surface area contributed by atoms with Crippen LogP contribution in [-0.4, -0.2) is 33.4 Å². The quantitative estimate of drug-likeness (QED) is 0.286. The van der Waals surface area contributed by atoms with Crippen LogP contribution in [0.25, 0.3) is 17.2 Å². The average Bonchev–Trinajstić information content (AvgIpc) is 2.83. The summed E-state index contributed by atoms with van der Waals surface area (Å²) in [5.41, 5.74) is 5.54. The molecule has 0 bridgehead atoms. The monoisotopic (exact) mass is 431 g/mol. The summed E-state index contributed by atoms with van der Waals surface area (Å²) in [5, 5.41) is 10.6. The van der Waals surface area contributed by atoms with Crippen LogP contribution in [0.2, 0.25) is 0 Å². The summed E-state index contributed by atoms with van der Waals surface area (Å²) in [4.78, 5) is 13.3. The predicted molar refractivity (Wildman–Crippen MR) is 129 cm³/mol. The second-order valence-electron chi connectivity index (χ2n) is 7.31. The molecule has 5 nitrogen and oxygen atoms in total. The molecule has 0 aliphatic carbocycles. The third kappa shape index (κ3) is 5.40. The molecule has 0 spiro atoms. The van der Waals surface area contributed by atoms with Crippen molar-refractivity contribution in [3.63, 3.8) is 0 Å². The van der Waals surface area contributed by atoms with Crippen LogP contribution in [0.4, 0.5) is 15.8 Å². The van der Waals surface area contributed by atoms with Crippen LogP contribution in [0.3, 0.4) is 0 Å². The van der Waals surface area contributed by atoms with E-state index in [1.165, 1.54) is 25.5 Å². The van der Waals surface area contributed by atoms with Gasteiger partial charge in [0.25, 0.3) is 0 Å². The van der Waals surface area contributed by atoms with Crippen molar-refractivity contribution in [2.75, 3.05) is 31.4 Å². The Morgan fingerprint density at radius 2 is 1.88 bits per heavy atom. The lowest BCUT2D eigenvalue weighted by Crippen LogP contribution is -2.17. The minimum atomic E-state index is -0.417. The summed E-state index contributed by atoms with van der Waals surface area (Å²) in [6.07, 6.45) is 4.33. The Hall–Kier alpha value is -3.93. The standard InChI is InChI=1S/C26H26FN3O2/c1-29-25-11-10-19(14-22(25)16-28)20-8-9-21(24(27)15-20)17-30(2)23-6-4-5-18(13-23)7-12-26(31)32-3/h4-16,28-29H,17H2,1-3H3/b12-7+,28-16?. The number of anilines is 2. The first-order chi connectivity index (χ1) is 15.4. The average molecular weight is 432 g/mol. The zero-order valence-corrected chi connectivity index (χ0v) is 18.4. The smallest absolute Gasteiger partial charge is 0.330 e. The highest BCUT2D eigenvalue weighted by molar-refractivity contribution is 5.88. The molecule has 0 saturated heterocycles. The molecule has 3 aromatic carbocycles. The van der Waals surface area contributed by atoms with Crippen molar-refractivity contribution in [1.82, 2.24) is 0 Å². The summed E-state index contributed by atoms with van der Waals surface area (Å²) in [5.74, 6) is -0.704. The maximum absolute atomic E-state index is 14.9. The highest BCUT2D eigenvalue weighted by Gasteiger charge is 2.10. The van der Waals surface area contributed by atoms with Crippen LogP contribution >= 0.6 is 0 Å². The minimum absolute atomic E-state index is 0.287. The van der Waals surface area contributed by atoms with Crippen molar-refractivity contribution < 1.29 is 13.9 Å². The molecule has 0 amide bonds. The van der Waals surface area contributed by atoms with Gasteiger partial charge in [-0.25, -0.2) is 9.18 Å². The summed E-state index contributed by atoms with van der Waals surface area (Å²) in [6.45, 7) is 0.390. The summed E-state index contributed by atoms with van der Waals surface area (Å²) < 4.78 is 19.5. The fourth-order valence-electron chi connectivity index (χ4n) is 3.39. The van der Waals surface area contributed by atoms with E-state index in [9.17, 15) is 9.18 Å². The van der Waals surface area contributed by atoms with E-state index in [2.05, 4.69) is 10.1 Å². The van der Waals surface area contributed by atoms with E-state index >= 15 is 0 Å². The fraction of sp³-hybridized carbons (Fsp3) is 0.154. The zero-order chi connectivity index (χ0) is 23.1. The van der Waals surface area contributed by atoms with Gasteiger partial charge in [0, 0.05) is 55.4 Å². The van der Waals surface area contributed by atoms with Gasteiger partial charge in [0.15, 0.2) is 0 Å². The molecule has 0 radical (unpaired) electrons. The van der Waals surface area contributed by atoms with Crippen molar-refractivity contribution in [2.24, 2.45) is 0 Å². The van der Waals surface area contributed by atoms with Crippen LogP contribution < -0.4 is 10.2 Å². The molecule has 3 rings (SSSR count). The topological polar surface area (TPSA) is 65.4 Å². The number of hydrogen-bond donors (Lipinski definition) is 2. The fourth-order valence-corrected chi connectivity index (χ4v) is 3.39. The van der Waals surface area contributed by atoms with Crippen LogP contribution in [0.1, 0.15) is 16.7 Å². The lowest BCUT2D eigenvalue weighted by molar-refractivity contribution is -0.134. The van der Waals surface area contributed by atoms with Gasteiger partial charge in [-0.15, -0.1) is 0 Å². The predicted octanol–water partition coefficient (Wildman–Crippen LogP) is 5.35. The number of methoxy groups -OCH3 is 1. The van der Waals surface area contributed by atoms with E-state index in [4.69, 9.17) is 5.41 Å². The first-order valence-corrected chi connectivity index (χ1v) is 10.1. The molecule has 2 N–H and O–H groups in total. The molecule has 0 heterocycles. The number of nitrogens with one attached hydrogen (secondary N) is 2. The highest BCUT2D eigenvalue weighted by Crippen LogP contribution is 2.27. The molecule has 0 aliphatic heterocycles. The Bertz CT molecular complexity index is 1160. The third-order valence-electron chi connectivity index (χ3n) is 5.19. The lowest BCUT2D eigenvalue weighted by Gasteiger charge is -2.20. The Kier molecular flexibility index (Phi) is 7.39. The first-order valence-electron chi connectivity index (χ1n) is 10.1. The number of hydrogen-bond acceptors (Lipinski definition) is 5. The number of esters is 1. The second-order valence-corrected chi connectivity index (χ2v) is 7.31. The van der Waals surface area contributed by atoms with Gasteiger partial charge in [-0.2, -0.15) is 0 Å². The number of carbonyl (C=O) groups is 1. The summed E-state index contributed by atoms with van der Waals surface area (Å²) in [6, 6.07) is 18.5. The number of carbonyl (C=O) groups excluding carboxylic acids is 1. The maximum atomic E-state index is 14.9. The molecular formula is C26H26FN3O2. The van der Waals surface area contributed by atoms with Crippen molar-refractivity contribution >= 4 is 29.6 Å². The van der Waals surface area contributed by atoms with E-state index in [0.29, 0.717) is 12.1 Å². The van der Waals surface area contributed by atoms with E-state index in [1.54, 1.807) is 19.2 Å². The molecule has 0 saturated carbocycles. The number of halogens is 1. The Labute approximate surface area is 187 Å². The van der Waals surface area contributed by atoms with Gasteiger partial charge in [0.1, 0.15) is 5.82 Å². The van der Waals surface area contributed by atoms with Crippen molar-refractivity contribution in [3.8, 4) is 11.1 Å². The van der Waals surface area contributed by atoms with Gasteiger partial charge >= 0.3 is 5.97 Å². The van der Waals surface area contributed by atoms with Crippen LogP contribution in [0.15, 0.2) is 66.7 Å². The normalized spacial score (nSPS) is 10.8. The number of nitrogens with zero attached hydrogens (tertiary/aromatic N) is 1. The molecule has 0 unspecified atom stereocenters. The van der Waals surface area contributed by atoms with Crippen LogP contribution in [0, 0.1) is 11.2 Å². The van der Waals surface area contributed by atoms with E-state index in [-0.39, 0.29) is 5.82 Å². The molecule has 0 aromatic heterocycles. The van der Waals surface area contributed by atoms with Gasteiger partial charge in [-0.05, 0) is 53.1 Å². The largest absolute Gasteiger partial charge is 0.466 e. The maximum Gasteiger partial charge on any atom is 0.330 e. The van der Waals surface area contributed by atoms with E-state index in [0.717, 1.165) is 33.6 Å². The molecule has 164 valence electrons. The third-order valence-corrected chi connectivity index (χ3v) is 5.19. The molecule has 0 aliphatic rings. The van der Waals surface area contributed by atoms with Crippen molar-refractivity contribution in [3.05, 3.63) is 89.2 Å². The summed E-state index contributed by atoms with van der Waals surface area (Å²) >= 11 is 0. The van der Waals surface area contributed by atoms with E-state index < -0.39 is 5.97 Å². The number of benzene rings is 3. The lowest BCUT2D eigenvalue weighted by atomic mass is 10.0. The van der Waals surface area contributed by atoms with Gasteiger partial charge in [0.05, 0.1) is 7.11 Å². The minimum Gasteiger partial charge on any atom is -0.466 e. The zero-order valence-electron chi connectivity index (χ0n) is 18.4. The van der Waals surface area contributed by atoms with Crippen LogP contribution in [-0.2, 0) is 16.1 Å². The molecule has 32 heavy (non-hydrogen) atoms. The van der Waals surface area contributed by atoms with E-state index in [1.807, 2.05) is 60.5 Å². The molecule has 6 heteroatoms.